The van der Waals surface area contributed by atoms with Gasteiger partial charge in [0, 0.05) is 5.41 Å². The molecule has 0 aromatic carbocycles. The maximum absolute atomic E-state index is 5.74. The van der Waals surface area contributed by atoms with E-state index in [1.807, 2.05) is 6.07 Å². The van der Waals surface area contributed by atoms with Crippen LogP contribution in [0, 0.1) is 5.41 Å². The topological polar surface area (TPSA) is 27.1 Å². The Hall–Kier alpha value is -0.990. The molecule has 13 heavy (non-hydrogen) atoms. The number of hydrogen-bond acceptors (Lipinski definition) is 2. The van der Waals surface area contributed by atoms with Gasteiger partial charge >= 0.3 is 0 Å². The van der Waals surface area contributed by atoms with E-state index in [0.717, 1.165) is 12.8 Å². The summed E-state index contributed by atoms with van der Waals surface area (Å²) in [5, 5.41) is 4.11. The van der Waals surface area contributed by atoms with Gasteiger partial charge in [-0.25, -0.2) is 0 Å². The normalized spacial score (nSPS) is 22.2. The molecule has 1 aromatic rings. The molecule has 72 valence electrons. The zero-order valence-electron chi connectivity index (χ0n) is 8.45. The van der Waals surface area contributed by atoms with Crippen LogP contribution in [0.15, 0.2) is 12.3 Å². The van der Waals surface area contributed by atoms with Gasteiger partial charge in [-0.3, -0.25) is 0 Å². The molecule has 3 heteroatoms. The molecule has 0 saturated carbocycles. The number of fused-ring (bicyclic) bond motifs is 1. The van der Waals surface area contributed by atoms with Crippen LogP contribution in [-0.4, -0.2) is 16.0 Å². The van der Waals surface area contributed by atoms with Crippen molar-refractivity contribution in [2.45, 2.75) is 39.7 Å². The summed E-state index contributed by atoms with van der Waals surface area (Å²) in [6, 6.07) is 2.01. The minimum atomic E-state index is 0.198. The maximum Gasteiger partial charge on any atom is 0.132 e. The Morgan fingerprint density at radius 1 is 1.54 bits per heavy atom. The predicted molar refractivity (Wildman–Crippen MR) is 50.4 cm³/mol. The van der Waals surface area contributed by atoms with E-state index in [0.29, 0.717) is 0 Å². The van der Waals surface area contributed by atoms with Crippen molar-refractivity contribution >= 4 is 0 Å². The van der Waals surface area contributed by atoms with E-state index in [9.17, 15) is 0 Å². The molecular formula is C10H16N2O. The molecule has 1 unspecified atom stereocenters. The summed E-state index contributed by atoms with van der Waals surface area (Å²) in [7, 11) is 0. The first-order chi connectivity index (χ1) is 6.07. The third-order valence-corrected chi connectivity index (χ3v) is 2.54. The van der Waals surface area contributed by atoms with Gasteiger partial charge < -0.3 is 4.84 Å². The smallest absolute Gasteiger partial charge is 0.132 e. The number of aromatic nitrogens is 2. The van der Waals surface area contributed by atoms with Crippen LogP contribution < -0.4 is 4.84 Å². The lowest BCUT2D eigenvalue weighted by Gasteiger charge is -2.33. The molecule has 0 aliphatic carbocycles. The van der Waals surface area contributed by atoms with Gasteiger partial charge in [-0.2, -0.15) is 0 Å². The summed E-state index contributed by atoms with van der Waals surface area (Å²) in [5.41, 5.74) is 1.38. The van der Waals surface area contributed by atoms with E-state index >= 15 is 0 Å². The predicted octanol–water partition coefficient (Wildman–Crippen LogP) is 1.67. The lowest BCUT2D eigenvalue weighted by Crippen LogP contribution is -2.41. The quantitative estimate of drug-likeness (QED) is 0.607. The molecule has 2 heterocycles. The summed E-state index contributed by atoms with van der Waals surface area (Å²) < 4.78 is 0. The van der Waals surface area contributed by atoms with Crippen LogP contribution in [0.4, 0.5) is 0 Å². The lowest BCUT2D eigenvalue weighted by atomic mass is 9.86. The molecule has 1 aromatic heterocycles. The second-order valence-corrected chi connectivity index (χ2v) is 4.69. The first kappa shape index (κ1) is 8.60. The van der Waals surface area contributed by atoms with Crippen molar-refractivity contribution < 1.29 is 4.84 Å². The van der Waals surface area contributed by atoms with Gasteiger partial charge in [0.15, 0.2) is 0 Å². The molecule has 3 nitrogen and oxygen atoms in total. The molecular weight excluding hydrogens is 164 g/mol. The van der Waals surface area contributed by atoms with E-state index in [2.05, 4.69) is 25.9 Å². The minimum Gasteiger partial charge on any atom is -0.393 e. The standard InChI is InChI=1S/C10H16N2O/c1-10(2,3)9-5-4-8-6-7-11-12(8)13-9/h6-7,9H,4-5H2,1-3H3. The molecule has 0 N–H and O–H groups in total. The Bertz CT molecular complexity index is 298. The fourth-order valence-corrected chi connectivity index (χ4v) is 1.64. The summed E-state index contributed by atoms with van der Waals surface area (Å²) in [4.78, 5) is 7.41. The Balaban J connectivity index is 2.18. The fraction of sp³-hybridized carbons (Fsp3) is 0.700. The molecule has 1 atom stereocenters. The van der Waals surface area contributed by atoms with Crippen LogP contribution in [0.2, 0.25) is 0 Å². The second-order valence-electron chi connectivity index (χ2n) is 4.69. The Morgan fingerprint density at radius 3 is 3.00 bits per heavy atom. The summed E-state index contributed by atoms with van der Waals surface area (Å²) in [5.74, 6) is 0. The number of hydrogen-bond donors (Lipinski definition) is 0. The minimum absolute atomic E-state index is 0.198. The summed E-state index contributed by atoms with van der Waals surface area (Å²) >= 11 is 0. The molecule has 0 spiro atoms. The van der Waals surface area contributed by atoms with E-state index in [1.54, 1.807) is 11.0 Å². The summed E-state index contributed by atoms with van der Waals surface area (Å²) in [6.45, 7) is 6.60. The average Bonchev–Trinajstić information content (AvgIpc) is 2.47. The van der Waals surface area contributed by atoms with E-state index < -0.39 is 0 Å². The van der Waals surface area contributed by atoms with Gasteiger partial charge in [0.05, 0.1) is 11.9 Å². The van der Waals surface area contributed by atoms with Crippen molar-refractivity contribution in [1.29, 1.82) is 0 Å². The van der Waals surface area contributed by atoms with E-state index in [-0.39, 0.29) is 11.5 Å². The third kappa shape index (κ3) is 1.55. The van der Waals surface area contributed by atoms with Gasteiger partial charge in [-0.1, -0.05) is 20.8 Å². The highest BCUT2D eigenvalue weighted by molar-refractivity contribution is 5.02. The lowest BCUT2D eigenvalue weighted by molar-refractivity contribution is -0.0664. The second kappa shape index (κ2) is 2.76. The monoisotopic (exact) mass is 180 g/mol. The van der Waals surface area contributed by atoms with Gasteiger partial charge in [0.1, 0.15) is 6.10 Å². The molecule has 1 aliphatic heterocycles. The highest BCUT2D eigenvalue weighted by atomic mass is 16.7. The number of nitrogens with zero attached hydrogens (tertiary/aromatic N) is 2. The first-order valence-electron chi connectivity index (χ1n) is 4.77. The Kier molecular flexibility index (Phi) is 1.82. The van der Waals surface area contributed by atoms with Crippen molar-refractivity contribution in [3.05, 3.63) is 18.0 Å². The number of aryl methyl sites for hydroxylation is 1. The van der Waals surface area contributed by atoms with Crippen molar-refractivity contribution in [3.63, 3.8) is 0 Å². The van der Waals surface area contributed by atoms with Gasteiger partial charge in [0.2, 0.25) is 0 Å². The Morgan fingerprint density at radius 2 is 2.31 bits per heavy atom. The van der Waals surface area contributed by atoms with Crippen LogP contribution in [0.3, 0.4) is 0 Å². The summed E-state index contributed by atoms with van der Waals surface area (Å²) in [6.07, 6.45) is 4.23. The largest absolute Gasteiger partial charge is 0.393 e. The molecule has 0 radical (unpaired) electrons. The van der Waals surface area contributed by atoms with Crippen LogP contribution in [0.5, 0.6) is 0 Å². The highest BCUT2D eigenvalue weighted by Crippen LogP contribution is 2.27. The van der Waals surface area contributed by atoms with Gasteiger partial charge in [-0.05, 0) is 18.9 Å². The fourth-order valence-electron chi connectivity index (χ4n) is 1.64. The van der Waals surface area contributed by atoms with Crippen molar-refractivity contribution in [2.24, 2.45) is 5.41 Å². The molecule has 0 amide bonds. The molecule has 0 bridgehead atoms. The first-order valence-corrected chi connectivity index (χ1v) is 4.77. The third-order valence-electron chi connectivity index (χ3n) is 2.54. The van der Waals surface area contributed by atoms with E-state index in [4.69, 9.17) is 4.84 Å². The maximum atomic E-state index is 5.74. The SMILES string of the molecule is CC(C)(C)C1CCc2ccnn2O1. The van der Waals surface area contributed by atoms with Crippen LogP contribution in [0.25, 0.3) is 0 Å². The molecule has 0 fully saturated rings. The Labute approximate surface area is 78.7 Å². The van der Waals surface area contributed by atoms with Gasteiger partial charge in [-0.15, -0.1) is 9.94 Å². The van der Waals surface area contributed by atoms with Gasteiger partial charge in [0.25, 0.3) is 0 Å². The van der Waals surface area contributed by atoms with Crippen molar-refractivity contribution in [2.75, 3.05) is 0 Å². The highest BCUT2D eigenvalue weighted by Gasteiger charge is 2.30. The molecule has 2 rings (SSSR count). The molecule has 0 saturated heterocycles. The number of rotatable bonds is 0. The van der Waals surface area contributed by atoms with Crippen LogP contribution >= 0.6 is 0 Å². The van der Waals surface area contributed by atoms with Crippen LogP contribution in [0.1, 0.15) is 32.9 Å². The van der Waals surface area contributed by atoms with E-state index in [1.165, 1.54) is 5.69 Å². The zero-order chi connectivity index (χ0) is 9.47. The average molecular weight is 180 g/mol. The van der Waals surface area contributed by atoms with Crippen molar-refractivity contribution in [3.8, 4) is 0 Å². The van der Waals surface area contributed by atoms with Crippen molar-refractivity contribution in [1.82, 2.24) is 9.94 Å². The zero-order valence-corrected chi connectivity index (χ0v) is 8.45. The molecule has 1 aliphatic rings. The van der Waals surface area contributed by atoms with Crippen LogP contribution in [-0.2, 0) is 6.42 Å².